The van der Waals surface area contributed by atoms with Gasteiger partial charge < -0.3 is 15.3 Å². The van der Waals surface area contributed by atoms with Gasteiger partial charge in [0.15, 0.2) is 5.58 Å². The summed E-state index contributed by atoms with van der Waals surface area (Å²) in [5, 5.41) is 8.86. The second-order valence-corrected chi connectivity index (χ2v) is 3.88. The van der Waals surface area contributed by atoms with Gasteiger partial charge in [0.25, 0.3) is 0 Å². The van der Waals surface area contributed by atoms with Crippen molar-refractivity contribution < 1.29 is 9.52 Å². The van der Waals surface area contributed by atoms with Crippen molar-refractivity contribution >= 4 is 11.1 Å². The average Bonchev–Trinajstić information content (AvgIpc) is 2.54. The van der Waals surface area contributed by atoms with Crippen LogP contribution in [0.2, 0.25) is 0 Å². The molecule has 0 spiro atoms. The summed E-state index contributed by atoms with van der Waals surface area (Å²) in [6.45, 7) is -0.0588. The minimum Gasteiger partial charge on any atom is -0.408 e. The molecule has 0 aliphatic heterocycles. The lowest BCUT2D eigenvalue weighted by Crippen LogP contribution is -2.26. The van der Waals surface area contributed by atoms with Crippen LogP contribution < -0.4 is 11.5 Å². The molecular formula is C11H14N2O3. The van der Waals surface area contributed by atoms with Crippen molar-refractivity contribution in [2.45, 2.75) is 12.5 Å². The van der Waals surface area contributed by atoms with E-state index in [2.05, 4.69) is 0 Å². The third kappa shape index (κ3) is 1.87. The number of hydrogen-bond donors (Lipinski definition) is 2. The molecule has 1 heterocycles. The Morgan fingerprint density at radius 3 is 3.00 bits per heavy atom. The molecule has 2 aromatic rings. The first-order valence-corrected chi connectivity index (χ1v) is 5.06. The largest absolute Gasteiger partial charge is 0.419 e. The van der Waals surface area contributed by atoms with Crippen LogP contribution in [0.5, 0.6) is 0 Å². The lowest BCUT2D eigenvalue weighted by Gasteiger charge is -2.07. The third-order valence-corrected chi connectivity index (χ3v) is 2.59. The molecule has 0 aliphatic carbocycles. The van der Waals surface area contributed by atoms with Gasteiger partial charge in [-0.2, -0.15) is 0 Å². The summed E-state index contributed by atoms with van der Waals surface area (Å²) in [5.41, 5.74) is 7.89. The Balaban J connectivity index is 2.41. The number of oxazole rings is 1. The number of nitrogens with zero attached hydrogens (tertiary/aromatic N) is 1. The van der Waals surface area contributed by atoms with E-state index in [1.807, 2.05) is 12.1 Å². The molecule has 1 aromatic heterocycles. The van der Waals surface area contributed by atoms with Gasteiger partial charge in [0.2, 0.25) is 0 Å². The number of aryl methyl sites for hydroxylation is 1. The van der Waals surface area contributed by atoms with E-state index in [-0.39, 0.29) is 18.4 Å². The van der Waals surface area contributed by atoms with Crippen molar-refractivity contribution in [1.29, 1.82) is 0 Å². The van der Waals surface area contributed by atoms with Gasteiger partial charge in [-0.05, 0) is 24.1 Å². The molecule has 0 radical (unpaired) electrons. The maximum Gasteiger partial charge on any atom is 0.419 e. The molecule has 0 fully saturated rings. The maximum atomic E-state index is 11.3. The first-order valence-electron chi connectivity index (χ1n) is 5.06. The predicted molar refractivity (Wildman–Crippen MR) is 60.2 cm³/mol. The van der Waals surface area contributed by atoms with Crippen LogP contribution >= 0.6 is 0 Å². The molecule has 0 amide bonds. The normalized spacial score (nSPS) is 13.2. The first-order chi connectivity index (χ1) is 7.61. The van der Waals surface area contributed by atoms with Gasteiger partial charge in [0.1, 0.15) is 0 Å². The highest BCUT2D eigenvalue weighted by Crippen LogP contribution is 2.15. The van der Waals surface area contributed by atoms with Crippen LogP contribution in [0, 0.1) is 0 Å². The van der Waals surface area contributed by atoms with E-state index < -0.39 is 0 Å². The topological polar surface area (TPSA) is 81.4 Å². The van der Waals surface area contributed by atoms with Crippen molar-refractivity contribution in [3.8, 4) is 0 Å². The fourth-order valence-corrected chi connectivity index (χ4v) is 1.67. The zero-order valence-electron chi connectivity index (χ0n) is 9.01. The first kappa shape index (κ1) is 10.9. The molecule has 86 valence electrons. The Labute approximate surface area is 92.1 Å². The van der Waals surface area contributed by atoms with Crippen molar-refractivity contribution in [2.75, 3.05) is 6.61 Å². The fourth-order valence-electron chi connectivity index (χ4n) is 1.67. The lowest BCUT2D eigenvalue weighted by atomic mass is 10.1. The molecule has 1 aromatic carbocycles. The Kier molecular flexibility index (Phi) is 2.80. The molecule has 5 nitrogen and oxygen atoms in total. The van der Waals surface area contributed by atoms with Gasteiger partial charge in [-0.15, -0.1) is 0 Å². The van der Waals surface area contributed by atoms with E-state index in [4.69, 9.17) is 15.3 Å². The van der Waals surface area contributed by atoms with Gasteiger partial charge in [-0.3, -0.25) is 4.57 Å². The summed E-state index contributed by atoms with van der Waals surface area (Å²) in [5.74, 6) is -0.376. The second-order valence-electron chi connectivity index (χ2n) is 3.88. The molecule has 0 saturated heterocycles. The summed E-state index contributed by atoms with van der Waals surface area (Å²) in [4.78, 5) is 11.3. The van der Waals surface area contributed by atoms with E-state index in [0.717, 1.165) is 11.1 Å². The number of nitrogens with two attached hydrogens (primary N) is 1. The summed E-state index contributed by atoms with van der Waals surface area (Å²) >= 11 is 0. The number of aliphatic hydroxyl groups is 1. The number of rotatable bonds is 3. The van der Waals surface area contributed by atoms with Gasteiger partial charge in [0.05, 0.1) is 12.1 Å². The van der Waals surface area contributed by atoms with Crippen molar-refractivity contribution in [1.82, 2.24) is 4.57 Å². The average molecular weight is 222 g/mol. The van der Waals surface area contributed by atoms with E-state index in [0.29, 0.717) is 12.0 Å². The molecule has 0 aliphatic rings. The number of aromatic nitrogens is 1. The smallest absolute Gasteiger partial charge is 0.408 e. The molecule has 0 bridgehead atoms. The van der Waals surface area contributed by atoms with Crippen LogP contribution in [0.3, 0.4) is 0 Å². The molecule has 3 N–H and O–H groups in total. The van der Waals surface area contributed by atoms with Gasteiger partial charge >= 0.3 is 5.76 Å². The quantitative estimate of drug-likeness (QED) is 0.765. The minimum atomic E-state index is -0.376. The van der Waals surface area contributed by atoms with Crippen LogP contribution in [0.25, 0.3) is 11.1 Å². The zero-order valence-corrected chi connectivity index (χ0v) is 9.01. The summed E-state index contributed by atoms with van der Waals surface area (Å²) in [6.07, 6.45) is 0.561. The van der Waals surface area contributed by atoms with Crippen molar-refractivity contribution in [2.24, 2.45) is 12.8 Å². The van der Waals surface area contributed by atoms with Crippen LogP contribution in [-0.4, -0.2) is 22.3 Å². The number of aliphatic hydroxyl groups excluding tert-OH is 1. The Bertz CT molecular complexity index is 556. The third-order valence-electron chi connectivity index (χ3n) is 2.59. The Morgan fingerprint density at radius 1 is 1.56 bits per heavy atom. The molecular weight excluding hydrogens is 208 g/mol. The highest BCUT2D eigenvalue weighted by atomic mass is 16.4. The number of benzene rings is 1. The minimum absolute atomic E-state index is 0.0588. The Hall–Kier alpha value is -1.59. The number of fused-ring (bicyclic) bond motifs is 1. The van der Waals surface area contributed by atoms with Crippen LogP contribution in [0.1, 0.15) is 5.56 Å². The molecule has 1 atom stereocenters. The standard InChI is InChI=1S/C11H14N2O3/c1-13-9-3-2-7(4-8(12)6-14)5-10(9)16-11(13)15/h2-3,5,8,14H,4,6,12H2,1H3. The van der Waals surface area contributed by atoms with E-state index in [9.17, 15) is 4.79 Å². The second kappa shape index (κ2) is 4.11. The Morgan fingerprint density at radius 2 is 2.31 bits per heavy atom. The molecule has 16 heavy (non-hydrogen) atoms. The summed E-state index contributed by atoms with van der Waals surface area (Å²) < 4.78 is 6.51. The molecule has 1 unspecified atom stereocenters. The van der Waals surface area contributed by atoms with E-state index in [1.165, 1.54) is 4.57 Å². The number of hydrogen-bond acceptors (Lipinski definition) is 4. The van der Waals surface area contributed by atoms with Gasteiger partial charge in [-0.25, -0.2) is 4.79 Å². The molecule has 2 rings (SSSR count). The maximum absolute atomic E-state index is 11.3. The van der Waals surface area contributed by atoms with E-state index >= 15 is 0 Å². The monoisotopic (exact) mass is 222 g/mol. The van der Waals surface area contributed by atoms with E-state index in [1.54, 1.807) is 13.1 Å². The van der Waals surface area contributed by atoms with Crippen molar-refractivity contribution in [3.05, 3.63) is 34.3 Å². The zero-order chi connectivity index (χ0) is 11.7. The predicted octanol–water partition coefficient (Wildman–Crippen LogP) is -0.00640. The van der Waals surface area contributed by atoms with Crippen molar-refractivity contribution in [3.63, 3.8) is 0 Å². The molecule has 5 heteroatoms. The highest BCUT2D eigenvalue weighted by Gasteiger charge is 2.08. The SMILES string of the molecule is Cn1c(=O)oc2cc(CC(N)CO)ccc21. The van der Waals surface area contributed by atoms with Gasteiger partial charge in [-0.1, -0.05) is 6.07 Å². The highest BCUT2D eigenvalue weighted by molar-refractivity contribution is 5.73. The lowest BCUT2D eigenvalue weighted by molar-refractivity contribution is 0.265. The summed E-state index contributed by atoms with van der Waals surface area (Å²) in [6, 6.07) is 5.20. The van der Waals surface area contributed by atoms with Crippen LogP contribution in [0.15, 0.2) is 27.4 Å². The van der Waals surface area contributed by atoms with Crippen LogP contribution in [-0.2, 0) is 13.5 Å². The molecule has 0 saturated carbocycles. The van der Waals surface area contributed by atoms with Crippen LogP contribution in [0.4, 0.5) is 0 Å². The fraction of sp³-hybridized carbons (Fsp3) is 0.364. The summed E-state index contributed by atoms with van der Waals surface area (Å²) in [7, 11) is 1.66. The van der Waals surface area contributed by atoms with Gasteiger partial charge in [0, 0.05) is 13.1 Å².